The van der Waals surface area contributed by atoms with Gasteiger partial charge in [0, 0.05) is 19.6 Å². The van der Waals surface area contributed by atoms with E-state index in [0.717, 1.165) is 30.8 Å². The van der Waals surface area contributed by atoms with Gasteiger partial charge >= 0.3 is 6.09 Å². The molecule has 0 aliphatic carbocycles. The number of benzene rings is 1. The van der Waals surface area contributed by atoms with E-state index >= 15 is 0 Å². The van der Waals surface area contributed by atoms with Gasteiger partial charge in [-0.05, 0) is 38.3 Å². The first-order valence-electron chi connectivity index (χ1n) is 10.8. The van der Waals surface area contributed by atoms with Crippen LogP contribution in [0.25, 0.3) is 0 Å². The summed E-state index contributed by atoms with van der Waals surface area (Å²) in [5.74, 6) is -0.282. The maximum atomic E-state index is 13.2. The molecule has 0 spiro atoms. The van der Waals surface area contributed by atoms with Crippen molar-refractivity contribution >= 4 is 12.0 Å². The Labute approximate surface area is 184 Å². The summed E-state index contributed by atoms with van der Waals surface area (Å²) in [5, 5.41) is 4.08. The number of carbonyl (C=O) groups excluding carboxylic acids is 2. The van der Waals surface area contributed by atoms with Gasteiger partial charge in [0.05, 0.1) is 19.8 Å². The van der Waals surface area contributed by atoms with Crippen molar-refractivity contribution in [1.29, 1.82) is 0 Å². The zero-order chi connectivity index (χ0) is 22.3. The second-order valence-corrected chi connectivity index (χ2v) is 8.82. The van der Waals surface area contributed by atoms with Gasteiger partial charge in [0.1, 0.15) is 18.2 Å². The number of nitrogens with zero attached hydrogens (tertiary/aromatic N) is 2. The fourth-order valence-corrected chi connectivity index (χ4v) is 3.45. The molecular formula is C23H33N3O5. The third-order valence-corrected chi connectivity index (χ3v) is 4.98. The first-order valence-corrected chi connectivity index (χ1v) is 10.8. The summed E-state index contributed by atoms with van der Waals surface area (Å²) in [6.45, 7) is 9.87. The Morgan fingerprint density at radius 1 is 1.19 bits per heavy atom. The van der Waals surface area contributed by atoms with Gasteiger partial charge < -0.3 is 14.8 Å². The molecule has 8 heteroatoms. The minimum Gasteiger partial charge on any atom is -0.444 e. The molecule has 2 aliphatic rings. The van der Waals surface area contributed by atoms with Crippen LogP contribution in [0.3, 0.4) is 0 Å². The Bertz CT molecular complexity index is 769. The number of ether oxygens (including phenoxy) is 2. The van der Waals surface area contributed by atoms with E-state index in [9.17, 15) is 9.59 Å². The predicted octanol–water partition coefficient (Wildman–Crippen LogP) is 2.50. The smallest absolute Gasteiger partial charge is 0.408 e. The molecule has 0 saturated carbocycles. The average Bonchev–Trinajstić information content (AvgIpc) is 2.86. The summed E-state index contributed by atoms with van der Waals surface area (Å²) in [6.07, 6.45) is 1.81. The topological polar surface area (TPSA) is 80.3 Å². The fraction of sp³-hybridized carbons (Fsp3) is 0.565. The van der Waals surface area contributed by atoms with Gasteiger partial charge in [-0.2, -0.15) is 0 Å². The van der Waals surface area contributed by atoms with Gasteiger partial charge in [0.15, 0.2) is 0 Å². The van der Waals surface area contributed by atoms with E-state index in [-0.39, 0.29) is 12.5 Å². The van der Waals surface area contributed by atoms with E-state index in [1.54, 1.807) is 20.8 Å². The molecule has 0 bridgehead atoms. The van der Waals surface area contributed by atoms with Crippen LogP contribution in [0.4, 0.5) is 4.79 Å². The summed E-state index contributed by atoms with van der Waals surface area (Å²) in [7, 11) is 0. The molecule has 0 unspecified atom stereocenters. The van der Waals surface area contributed by atoms with Crippen molar-refractivity contribution in [2.75, 3.05) is 39.4 Å². The van der Waals surface area contributed by atoms with Crippen molar-refractivity contribution in [3.8, 4) is 0 Å². The lowest BCUT2D eigenvalue weighted by molar-refractivity contribution is -0.190. The van der Waals surface area contributed by atoms with Gasteiger partial charge in [0.2, 0.25) is 0 Å². The molecule has 1 fully saturated rings. The molecule has 2 heterocycles. The predicted molar refractivity (Wildman–Crippen MR) is 116 cm³/mol. The number of hydrogen-bond acceptors (Lipinski definition) is 6. The van der Waals surface area contributed by atoms with Crippen LogP contribution in [-0.4, -0.2) is 73.0 Å². The van der Waals surface area contributed by atoms with Crippen molar-refractivity contribution in [3.63, 3.8) is 0 Å². The van der Waals surface area contributed by atoms with Crippen LogP contribution in [0.2, 0.25) is 0 Å². The van der Waals surface area contributed by atoms with Crippen molar-refractivity contribution in [3.05, 3.63) is 47.5 Å². The van der Waals surface area contributed by atoms with Crippen molar-refractivity contribution < 1.29 is 23.9 Å². The average molecular weight is 432 g/mol. The van der Waals surface area contributed by atoms with Gasteiger partial charge in [-0.1, -0.05) is 36.4 Å². The first kappa shape index (κ1) is 23.2. The number of carbonyl (C=O) groups is 2. The normalized spacial score (nSPS) is 20.7. The van der Waals surface area contributed by atoms with E-state index in [4.69, 9.17) is 14.3 Å². The summed E-state index contributed by atoms with van der Waals surface area (Å²) in [4.78, 5) is 33.7. The lowest BCUT2D eigenvalue weighted by atomic mass is 10.1. The zero-order valence-corrected chi connectivity index (χ0v) is 18.6. The van der Waals surface area contributed by atoms with E-state index in [1.165, 1.54) is 5.06 Å². The van der Waals surface area contributed by atoms with Crippen LogP contribution in [0.5, 0.6) is 0 Å². The molecule has 2 amide bonds. The maximum absolute atomic E-state index is 13.2. The molecular weight excluding hydrogens is 398 g/mol. The molecule has 1 saturated heterocycles. The molecule has 31 heavy (non-hydrogen) atoms. The molecule has 1 aromatic carbocycles. The molecule has 0 aromatic heterocycles. The van der Waals surface area contributed by atoms with Crippen molar-refractivity contribution in [2.24, 2.45) is 0 Å². The number of alkyl carbamates (subject to hydrolysis) is 1. The lowest BCUT2D eigenvalue weighted by Gasteiger charge is -2.29. The lowest BCUT2D eigenvalue weighted by Crippen LogP contribution is -2.49. The van der Waals surface area contributed by atoms with Crippen LogP contribution in [-0.2, 0) is 25.7 Å². The first-order chi connectivity index (χ1) is 14.8. The molecule has 2 aliphatic heterocycles. The summed E-state index contributed by atoms with van der Waals surface area (Å²) >= 11 is 0. The molecule has 0 radical (unpaired) electrons. The quantitative estimate of drug-likeness (QED) is 0.697. The highest BCUT2D eigenvalue weighted by molar-refractivity contribution is 5.85. The zero-order valence-electron chi connectivity index (χ0n) is 18.6. The van der Waals surface area contributed by atoms with E-state index in [2.05, 4.69) is 10.2 Å². The van der Waals surface area contributed by atoms with Crippen molar-refractivity contribution in [1.82, 2.24) is 15.3 Å². The number of amides is 2. The van der Waals surface area contributed by atoms with Gasteiger partial charge in [0.25, 0.3) is 5.91 Å². The Morgan fingerprint density at radius 2 is 1.90 bits per heavy atom. The number of nitrogens with one attached hydrogen (secondary N) is 1. The van der Waals surface area contributed by atoms with Crippen LogP contribution in [0.15, 0.2) is 42.0 Å². The minimum absolute atomic E-state index is 0.274. The third-order valence-electron chi connectivity index (χ3n) is 4.98. The van der Waals surface area contributed by atoms with Crippen LogP contribution >= 0.6 is 0 Å². The number of hydrogen-bond donors (Lipinski definition) is 1. The standard InChI is InChI=1S/C23H33N3O5/c1-23(2,3)31-22(28)24-20-10-9-19(15-25-11-13-29-14-12-25)16-26(21(20)27)30-17-18-7-5-4-6-8-18/h4-9,20H,10-17H2,1-3H3,(H,24,28)/t20-/m1/s1. The molecule has 3 rings (SSSR count). The number of morpholine rings is 1. The summed E-state index contributed by atoms with van der Waals surface area (Å²) < 4.78 is 10.8. The second-order valence-electron chi connectivity index (χ2n) is 8.82. The van der Waals surface area contributed by atoms with E-state index in [0.29, 0.717) is 26.2 Å². The maximum Gasteiger partial charge on any atom is 0.408 e. The van der Waals surface area contributed by atoms with Crippen LogP contribution < -0.4 is 5.32 Å². The second kappa shape index (κ2) is 10.7. The van der Waals surface area contributed by atoms with Gasteiger partial charge in [-0.15, -0.1) is 0 Å². The van der Waals surface area contributed by atoms with Gasteiger partial charge in [-0.25, -0.2) is 9.86 Å². The van der Waals surface area contributed by atoms with Crippen LogP contribution in [0, 0.1) is 0 Å². The monoisotopic (exact) mass is 431 g/mol. The summed E-state index contributed by atoms with van der Waals surface area (Å²) in [5.41, 5.74) is 1.41. The Hall–Kier alpha value is -2.42. The van der Waals surface area contributed by atoms with Crippen molar-refractivity contribution in [2.45, 2.75) is 45.4 Å². The van der Waals surface area contributed by atoms with Gasteiger partial charge in [-0.3, -0.25) is 14.5 Å². The SMILES string of the molecule is CC(C)(C)OC(=O)N[C@@H]1CC=C(CN2CCOCC2)CN(OCc2ccccc2)C1=O. The largest absolute Gasteiger partial charge is 0.444 e. The highest BCUT2D eigenvalue weighted by Crippen LogP contribution is 2.17. The molecule has 1 N–H and O–H groups in total. The Morgan fingerprint density at radius 3 is 2.58 bits per heavy atom. The fourth-order valence-electron chi connectivity index (χ4n) is 3.45. The molecule has 8 nitrogen and oxygen atoms in total. The van der Waals surface area contributed by atoms with E-state index in [1.807, 2.05) is 36.4 Å². The van der Waals surface area contributed by atoms with Crippen LogP contribution in [0.1, 0.15) is 32.8 Å². The summed E-state index contributed by atoms with van der Waals surface area (Å²) in [6, 6.07) is 8.95. The number of rotatable bonds is 6. The highest BCUT2D eigenvalue weighted by Gasteiger charge is 2.31. The number of hydroxylamine groups is 2. The molecule has 1 atom stereocenters. The Kier molecular flexibility index (Phi) is 8.06. The highest BCUT2D eigenvalue weighted by atomic mass is 16.7. The Balaban J connectivity index is 1.69. The third kappa shape index (κ3) is 7.65. The van der Waals surface area contributed by atoms with E-state index < -0.39 is 17.7 Å². The molecule has 170 valence electrons. The molecule has 1 aromatic rings. The minimum atomic E-state index is -0.743.